The predicted octanol–water partition coefficient (Wildman–Crippen LogP) is 13.2. The van der Waals surface area contributed by atoms with Crippen LogP contribution in [0, 0.1) is 0 Å². The molecule has 0 bridgehead atoms. The number of para-hydroxylation sites is 3. The summed E-state index contributed by atoms with van der Waals surface area (Å²) in [4.78, 5) is 2.41. The number of rotatable bonds is 5. The number of hydrogen-bond donors (Lipinski definition) is 0. The van der Waals surface area contributed by atoms with E-state index >= 15 is 0 Å². The Morgan fingerprint density at radius 1 is 0.481 bits per heavy atom. The molecule has 4 nitrogen and oxygen atoms in total. The molecule has 0 unspecified atom stereocenters. The fourth-order valence-corrected chi connectivity index (χ4v) is 9.21. The minimum Gasteiger partial charge on any atom is -0.454 e. The molecular formula is C47H30N2O2S. The Kier molecular flexibility index (Phi) is 6.45. The predicted molar refractivity (Wildman–Crippen MR) is 217 cm³/mol. The lowest BCUT2D eigenvalue weighted by atomic mass is 9.97. The van der Waals surface area contributed by atoms with Crippen molar-refractivity contribution in [1.82, 2.24) is 4.57 Å². The van der Waals surface area contributed by atoms with Crippen molar-refractivity contribution in [2.45, 2.75) is 0 Å². The topological polar surface area (TPSA) is 26.6 Å². The molecule has 0 saturated carbocycles. The third-order valence-corrected chi connectivity index (χ3v) is 11.4. The Labute approximate surface area is 303 Å². The minimum atomic E-state index is 0.220. The van der Waals surface area contributed by atoms with Gasteiger partial charge >= 0.3 is 0 Å². The SMILES string of the molecule is c1ccc(-n2c3ccccc3c3ccc(N(c4ccc5ccccc5c4)c4cc(-c5cccc6c5OCO6)c5c(c4)sc4ccccc45)cc32)cc1. The van der Waals surface area contributed by atoms with Crippen LogP contribution in [0.5, 0.6) is 11.5 Å². The van der Waals surface area contributed by atoms with Crippen molar-refractivity contribution < 1.29 is 9.47 Å². The Bertz CT molecular complexity index is 3010. The molecule has 0 fully saturated rings. The maximum Gasteiger partial charge on any atom is 0.231 e. The van der Waals surface area contributed by atoms with E-state index in [0.717, 1.165) is 50.9 Å². The molecule has 0 N–H and O–H groups in total. The van der Waals surface area contributed by atoms with Crippen LogP contribution in [0.25, 0.3) is 69.6 Å². The van der Waals surface area contributed by atoms with Gasteiger partial charge in [-0.1, -0.05) is 103 Å². The van der Waals surface area contributed by atoms with E-state index in [1.165, 1.54) is 47.2 Å². The average molecular weight is 687 g/mol. The zero-order chi connectivity index (χ0) is 34.2. The minimum absolute atomic E-state index is 0.220. The monoisotopic (exact) mass is 686 g/mol. The van der Waals surface area contributed by atoms with Crippen LogP contribution in [0.4, 0.5) is 17.1 Å². The van der Waals surface area contributed by atoms with Crippen LogP contribution >= 0.6 is 11.3 Å². The molecular weight excluding hydrogens is 657 g/mol. The smallest absolute Gasteiger partial charge is 0.231 e. The molecule has 10 aromatic rings. The van der Waals surface area contributed by atoms with Crippen molar-refractivity contribution in [2.75, 3.05) is 11.7 Å². The maximum atomic E-state index is 6.14. The number of nitrogens with zero attached hydrogens (tertiary/aromatic N) is 2. The van der Waals surface area contributed by atoms with Crippen molar-refractivity contribution in [3.05, 3.63) is 170 Å². The van der Waals surface area contributed by atoms with E-state index in [-0.39, 0.29) is 6.79 Å². The summed E-state index contributed by atoms with van der Waals surface area (Å²) >= 11 is 1.83. The lowest BCUT2D eigenvalue weighted by Crippen LogP contribution is -2.10. The summed E-state index contributed by atoms with van der Waals surface area (Å²) in [5.74, 6) is 1.57. The molecule has 2 aromatic heterocycles. The molecule has 1 aliphatic heterocycles. The second-order valence-corrected chi connectivity index (χ2v) is 14.3. The largest absolute Gasteiger partial charge is 0.454 e. The summed E-state index contributed by atoms with van der Waals surface area (Å²) in [6.45, 7) is 0.220. The number of aromatic nitrogens is 1. The lowest BCUT2D eigenvalue weighted by Gasteiger charge is -2.27. The third kappa shape index (κ3) is 4.46. The van der Waals surface area contributed by atoms with E-state index in [1.54, 1.807) is 0 Å². The standard InChI is InChI=1S/C47H30N2O2S/c1-2-13-32(14-3-1)49-41-18-8-6-15-36(41)37-24-23-34(27-42(37)49)48(33-22-21-30-11-4-5-12-31(30)25-33)35-26-40(38-17-10-19-43-47(38)51-29-50-43)46-39-16-7-9-20-44(39)52-45(46)28-35/h1-28H,29H2. The molecule has 52 heavy (non-hydrogen) atoms. The van der Waals surface area contributed by atoms with Crippen LogP contribution in [0.1, 0.15) is 0 Å². The summed E-state index contributed by atoms with van der Waals surface area (Å²) in [5, 5.41) is 7.33. The fourth-order valence-electron chi connectivity index (χ4n) is 8.04. The lowest BCUT2D eigenvalue weighted by molar-refractivity contribution is 0.174. The third-order valence-electron chi connectivity index (χ3n) is 10.3. The molecule has 0 saturated heterocycles. The van der Waals surface area contributed by atoms with Crippen molar-refractivity contribution in [3.63, 3.8) is 0 Å². The van der Waals surface area contributed by atoms with Gasteiger partial charge in [-0.3, -0.25) is 0 Å². The first-order chi connectivity index (χ1) is 25.8. The number of fused-ring (bicyclic) bond motifs is 8. The Morgan fingerprint density at radius 2 is 1.23 bits per heavy atom. The molecule has 3 heterocycles. The number of ether oxygens (including phenoxy) is 2. The highest BCUT2D eigenvalue weighted by Gasteiger charge is 2.24. The van der Waals surface area contributed by atoms with E-state index in [2.05, 4.69) is 173 Å². The van der Waals surface area contributed by atoms with Crippen LogP contribution in [0.3, 0.4) is 0 Å². The van der Waals surface area contributed by atoms with Gasteiger partial charge in [-0.15, -0.1) is 11.3 Å². The van der Waals surface area contributed by atoms with Gasteiger partial charge in [-0.25, -0.2) is 0 Å². The van der Waals surface area contributed by atoms with E-state index in [0.29, 0.717) is 0 Å². The van der Waals surface area contributed by atoms with E-state index in [9.17, 15) is 0 Å². The zero-order valence-corrected chi connectivity index (χ0v) is 28.8. The highest BCUT2D eigenvalue weighted by atomic mass is 32.1. The van der Waals surface area contributed by atoms with Gasteiger partial charge in [-0.05, 0) is 83.1 Å². The van der Waals surface area contributed by atoms with Gasteiger partial charge in [0.1, 0.15) is 0 Å². The number of hydrogen-bond acceptors (Lipinski definition) is 4. The summed E-state index contributed by atoms with van der Waals surface area (Å²) < 4.78 is 16.9. The molecule has 246 valence electrons. The van der Waals surface area contributed by atoms with Gasteiger partial charge < -0.3 is 18.9 Å². The van der Waals surface area contributed by atoms with E-state index < -0.39 is 0 Å². The number of thiophene rings is 1. The van der Waals surface area contributed by atoms with Gasteiger partial charge in [0.2, 0.25) is 6.79 Å². The Balaban J connectivity index is 1.22. The van der Waals surface area contributed by atoms with Crippen molar-refractivity contribution >= 4 is 81.1 Å². The molecule has 8 aromatic carbocycles. The molecule has 5 heteroatoms. The van der Waals surface area contributed by atoms with Gasteiger partial charge in [0, 0.05) is 59.3 Å². The van der Waals surface area contributed by atoms with Gasteiger partial charge in [0.25, 0.3) is 0 Å². The molecule has 0 radical (unpaired) electrons. The molecule has 0 amide bonds. The quantitative estimate of drug-likeness (QED) is 0.180. The summed E-state index contributed by atoms with van der Waals surface area (Å²) in [6.07, 6.45) is 0. The first-order valence-corrected chi connectivity index (χ1v) is 18.3. The van der Waals surface area contributed by atoms with Gasteiger partial charge in [-0.2, -0.15) is 0 Å². The average Bonchev–Trinajstić information content (AvgIpc) is 3.92. The highest BCUT2D eigenvalue weighted by Crippen LogP contribution is 2.50. The Hall–Kier alpha value is -6.56. The van der Waals surface area contributed by atoms with Crippen molar-refractivity contribution in [3.8, 4) is 28.3 Å². The second kappa shape index (κ2) is 11.5. The first-order valence-electron chi connectivity index (χ1n) is 17.5. The van der Waals surface area contributed by atoms with Crippen LogP contribution in [-0.4, -0.2) is 11.4 Å². The zero-order valence-electron chi connectivity index (χ0n) is 28.0. The number of benzene rings is 8. The van der Waals surface area contributed by atoms with Crippen LogP contribution < -0.4 is 14.4 Å². The van der Waals surface area contributed by atoms with Crippen LogP contribution in [0.2, 0.25) is 0 Å². The molecule has 11 rings (SSSR count). The van der Waals surface area contributed by atoms with Gasteiger partial charge in [0.15, 0.2) is 11.5 Å². The molecule has 0 aliphatic carbocycles. The Morgan fingerprint density at radius 3 is 2.15 bits per heavy atom. The van der Waals surface area contributed by atoms with Crippen molar-refractivity contribution in [1.29, 1.82) is 0 Å². The van der Waals surface area contributed by atoms with Crippen LogP contribution in [-0.2, 0) is 0 Å². The summed E-state index contributed by atoms with van der Waals surface area (Å²) in [7, 11) is 0. The first kappa shape index (κ1) is 29.2. The van der Waals surface area contributed by atoms with E-state index in [4.69, 9.17) is 9.47 Å². The molecule has 0 spiro atoms. The summed E-state index contributed by atoms with van der Waals surface area (Å²) in [6, 6.07) is 61.2. The van der Waals surface area contributed by atoms with Crippen molar-refractivity contribution in [2.24, 2.45) is 0 Å². The summed E-state index contributed by atoms with van der Waals surface area (Å²) in [5.41, 5.74) is 8.87. The van der Waals surface area contributed by atoms with Gasteiger partial charge in [0.05, 0.1) is 11.0 Å². The second-order valence-electron chi connectivity index (χ2n) is 13.3. The highest BCUT2D eigenvalue weighted by molar-refractivity contribution is 7.26. The van der Waals surface area contributed by atoms with E-state index in [1.807, 2.05) is 17.4 Å². The maximum absolute atomic E-state index is 6.14. The fraction of sp³-hybridized carbons (Fsp3) is 0.0213. The van der Waals surface area contributed by atoms with Crippen LogP contribution in [0.15, 0.2) is 170 Å². The molecule has 1 aliphatic rings. The molecule has 0 atom stereocenters. The number of anilines is 3. The normalized spacial score (nSPS) is 12.5.